The van der Waals surface area contributed by atoms with Crippen LogP contribution < -0.4 is 5.32 Å². The zero-order chi connectivity index (χ0) is 10.7. The van der Waals surface area contributed by atoms with Crippen LogP contribution in [0.5, 0.6) is 0 Å². The van der Waals surface area contributed by atoms with Gasteiger partial charge in [0.25, 0.3) is 0 Å². The second-order valence-corrected chi connectivity index (χ2v) is 4.67. The Hall–Kier alpha value is -0.610. The Balaban J connectivity index is 1.99. The molecular formula is C11H15BrN2O. The molecule has 1 aliphatic heterocycles. The fourth-order valence-electron chi connectivity index (χ4n) is 1.80. The van der Waals surface area contributed by atoms with Gasteiger partial charge >= 0.3 is 0 Å². The van der Waals surface area contributed by atoms with E-state index in [1.807, 2.05) is 12.1 Å². The summed E-state index contributed by atoms with van der Waals surface area (Å²) in [5.41, 5.74) is 0. The lowest BCUT2D eigenvalue weighted by Gasteiger charge is -2.20. The summed E-state index contributed by atoms with van der Waals surface area (Å²) < 4.78 is 6.62. The number of halogens is 1. The molecule has 0 amide bonds. The van der Waals surface area contributed by atoms with Crippen molar-refractivity contribution in [3.05, 3.63) is 22.8 Å². The van der Waals surface area contributed by atoms with Crippen LogP contribution >= 0.6 is 15.9 Å². The predicted molar refractivity (Wildman–Crippen MR) is 64.0 cm³/mol. The highest BCUT2D eigenvalue weighted by Gasteiger charge is 2.22. The number of anilines is 1. The van der Waals surface area contributed by atoms with E-state index >= 15 is 0 Å². The van der Waals surface area contributed by atoms with Gasteiger partial charge < -0.3 is 10.1 Å². The molecule has 0 saturated carbocycles. The Labute approximate surface area is 98.4 Å². The van der Waals surface area contributed by atoms with Crippen molar-refractivity contribution in [2.24, 2.45) is 0 Å². The van der Waals surface area contributed by atoms with Crippen molar-refractivity contribution in [1.82, 2.24) is 4.98 Å². The second-order valence-electron chi connectivity index (χ2n) is 3.82. The molecule has 0 spiro atoms. The quantitative estimate of drug-likeness (QED) is 0.917. The molecule has 0 aliphatic carbocycles. The summed E-state index contributed by atoms with van der Waals surface area (Å²) in [6.07, 6.45) is 4.41. The van der Waals surface area contributed by atoms with Gasteiger partial charge in [-0.2, -0.15) is 0 Å². The normalized spacial score (nSPS) is 22.7. The Morgan fingerprint density at radius 1 is 1.67 bits per heavy atom. The molecule has 2 unspecified atom stereocenters. The molecule has 0 bridgehead atoms. The monoisotopic (exact) mass is 270 g/mol. The summed E-state index contributed by atoms with van der Waals surface area (Å²) >= 11 is 3.47. The number of aromatic nitrogens is 1. The van der Waals surface area contributed by atoms with E-state index in [4.69, 9.17) is 4.74 Å². The molecule has 1 aliphatic rings. The fourth-order valence-corrected chi connectivity index (χ4v) is 2.17. The first-order valence-corrected chi connectivity index (χ1v) is 6.05. The molecule has 0 radical (unpaired) electrons. The lowest BCUT2D eigenvalue weighted by atomic mass is 10.1. The van der Waals surface area contributed by atoms with Gasteiger partial charge in [-0.05, 0) is 47.8 Å². The lowest BCUT2D eigenvalue weighted by Crippen LogP contribution is -2.30. The molecular weight excluding hydrogens is 256 g/mol. The Morgan fingerprint density at radius 2 is 2.53 bits per heavy atom. The maximum atomic E-state index is 5.62. The molecule has 1 aromatic heterocycles. The first-order valence-electron chi connectivity index (χ1n) is 5.26. The number of pyridine rings is 1. The highest BCUT2D eigenvalue weighted by atomic mass is 79.9. The number of hydrogen-bond acceptors (Lipinski definition) is 3. The molecule has 3 nitrogen and oxygen atoms in total. The SMILES string of the molecule is CC(Nc1ncccc1Br)C1CCCO1. The van der Waals surface area contributed by atoms with Gasteiger partial charge in [0, 0.05) is 12.8 Å². The summed E-state index contributed by atoms with van der Waals surface area (Å²) in [6, 6.07) is 4.20. The van der Waals surface area contributed by atoms with Gasteiger partial charge in [0.2, 0.25) is 0 Å². The second kappa shape index (κ2) is 4.94. The molecule has 0 aromatic carbocycles. The number of ether oxygens (including phenoxy) is 1. The summed E-state index contributed by atoms with van der Waals surface area (Å²) in [6.45, 7) is 3.02. The van der Waals surface area contributed by atoms with E-state index in [0.29, 0.717) is 12.1 Å². The van der Waals surface area contributed by atoms with E-state index in [0.717, 1.165) is 23.3 Å². The average Bonchev–Trinajstić information content (AvgIpc) is 2.74. The van der Waals surface area contributed by atoms with Crippen LogP contribution in [0, 0.1) is 0 Å². The van der Waals surface area contributed by atoms with Crippen molar-refractivity contribution >= 4 is 21.7 Å². The number of hydrogen-bond donors (Lipinski definition) is 1. The van der Waals surface area contributed by atoms with Crippen LogP contribution in [0.3, 0.4) is 0 Å². The molecule has 1 saturated heterocycles. The van der Waals surface area contributed by atoms with Gasteiger partial charge in [0.15, 0.2) is 0 Å². The van der Waals surface area contributed by atoms with Crippen molar-refractivity contribution in [3.63, 3.8) is 0 Å². The Kier molecular flexibility index (Phi) is 3.59. The lowest BCUT2D eigenvalue weighted by molar-refractivity contribution is 0.0995. The van der Waals surface area contributed by atoms with Crippen molar-refractivity contribution < 1.29 is 4.74 Å². The largest absolute Gasteiger partial charge is 0.376 e. The molecule has 4 heteroatoms. The number of rotatable bonds is 3. The van der Waals surface area contributed by atoms with Crippen LogP contribution in [0.1, 0.15) is 19.8 Å². The summed E-state index contributed by atoms with van der Waals surface area (Å²) in [4.78, 5) is 4.28. The maximum Gasteiger partial charge on any atom is 0.140 e. The molecule has 15 heavy (non-hydrogen) atoms. The third-order valence-corrected chi connectivity index (χ3v) is 3.29. The average molecular weight is 271 g/mol. The molecule has 82 valence electrons. The molecule has 2 rings (SSSR count). The topological polar surface area (TPSA) is 34.2 Å². The first kappa shape index (κ1) is 10.9. The highest BCUT2D eigenvalue weighted by Crippen LogP contribution is 2.22. The Bertz CT molecular complexity index is 326. The highest BCUT2D eigenvalue weighted by molar-refractivity contribution is 9.10. The van der Waals surface area contributed by atoms with Gasteiger partial charge in [0.1, 0.15) is 5.82 Å². The van der Waals surface area contributed by atoms with Crippen LogP contribution in [-0.2, 0) is 4.74 Å². The van der Waals surface area contributed by atoms with Gasteiger partial charge in [-0.25, -0.2) is 4.98 Å². The van der Waals surface area contributed by atoms with Crippen LogP contribution in [0.2, 0.25) is 0 Å². The summed E-state index contributed by atoms with van der Waals surface area (Å²) in [5.74, 6) is 0.889. The molecule has 1 aromatic rings. The molecule has 1 N–H and O–H groups in total. The van der Waals surface area contributed by atoms with Crippen molar-refractivity contribution in [2.75, 3.05) is 11.9 Å². The van der Waals surface area contributed by atoms with Crippen LogP contribution in [0.25, 0.3) is 0 Å². The summed E-state index contributed by atoms with van der Waals surface area (Å²) in [5, 5.41) is 3.37. The minimum atomic E-state index is 0.304. The fraction of sp³-hybridized carbons (Fsp3) is 0.545. The predicted octanol–water partition coefficient (Wildman–Crippen LogP) is 2.82. The summed E-state index contributed by atoms with van der Waals surface area (Å²) in [7, 11) is 0. The van der Waals surface area contributed by atoms with E-state index in [-0.39, 0.29) is 0 Å². The minimum absolute atomic E-state index is 0.304. The van der Waals surface area contributed by atoms with Gasteiger partial charge in [-0.1, -0.05) is 0 Å². The molecule has 2 atom stereocenters. The molecule has 1 fully saturated rings. The van der Waals surface area contributed by atoms with E-state index in [9.17, 15) is 0 Å². The van der Waals surface area contributed by atoms with Gasteiger partial charge in [-0.3, -0.25) is 0 Å². The zero-order valence-corrected chi connectivity index (χ0v) is 10.3. The van der Waals surface area contributed by atoms with Gasteiger partial charge in [-0.15, -0.1) is 0 Å². The zero-order valence-electron chi connectivity index (χ0n) is 8.74. The van der Waals surface area contributed by atoms with E-state index < -0.39 is 0 Å². The van der Waals surface area contributed by atoms with E-state index in [1.54, 1.807) is 6.20 Å². The van der Waals surface area contributed by atoms with Crippen molar-refractivity contribution in [1.29, 1.82) is 0 Å². The first-order chi connectivity index (χ1) is 7.27. The standard InChI is InChI=1S/C11H15BrN2O/c1-8(10-5-3-7-15-10)14-11-9(12)4-2-6-13-11/h2,4,6,8,10H,3,5,7H2,1H3,(H,13,14). The Morgan fingerprint density at radius 3 is 3.20 bits per heavy atom. The van der Waals surface area contributed by atoms with E-state index in [2.05, 4.69) is 33.2 Å². The van der Waals surface area contributed by atoms with E-state index in [1.165, 1.54) is 6.42 Å². The number of nitrogens with zero attached hydrogens (tertiary/aromatic N) is 1. The maximum absolute atomic E-state index is 5.62. The van der Waals surface area contributed by atoms with Crippen molar-refractivity contribution in [3.8, 4) is 0 Å². The smallest absolute Gasteiger partial charge is 0.140 e. The van der Waals surface area contributed by atoms with Crippen LogP contribution in [0.15, 0.2) is 22.8 Å². The van der Waals surface area contributed by atoms with Crippen LogP contribution in [0.4, 0.5) is 5.82 Å². The third kappa shape index (κ3) is 2.69. The van der Waals surface area contributed by atoms with Crippen LogP contribution in [-0.4, -0.2) is 23.7 Å². The number of nitrogens with one attached hydrogen (secondary N) is 1. The minimum Gasteiger partial charge on any atom is -0.376 e. The van der Waals surface area contributed by atoms with Crippen molar-refractivity contribution in [2.45, 2.75) is 31.9 Å². The molecule has 2 heterocycles. The third-order valence-electron chi connectivity index (χ3n) is 2.65. The van der Waals surface area contributed by atoms with Gasteiger partial charge in [0.05, 0.1) is 16.6 Å².